The van der Waals surface area contributed by atoms with Crippen molar-refractivity contribution in [2.45, 2.75) is 26.3 Å². The molecule has 0 bridgehead atoms. The highest BCUT2D eigenvalue weighted by atomic mass is 16.4. The van der Waals surface area contributed by atoms with E-state index in [1.165, 1.54) is 6.07 Å². The topological polar surface area (TPSA) is 66.4 Å². The molecule has 0 aromatic heterocycles. The van der Waals surface area contributed by atoms with Gasteiger partial charge in [-0.2, -0.15) is 0 Å². The fraction of sp³-hybridized carbons (Fsp3) is 0.333. The monoisotopic (exact) mass is 221 g/mol. The third kappa shape index (κ3) is 3.73. The van der Waals surface area contributed by atoms with E-state index in [-0.39, 0.29) is 11.5 Å². The molecular formula is C12H15NO3. The van der Waals surface area contributed by atoms with E-state index in [0.717, 1.165) is 12.0 Å². The number of hydrogen-bond donors (Lipinski definition) is 2. The maximum atomic E-state index is 11.2. The van der Waals surface area contributed by atoms with Gasteiger partial charge >= 0.3 is 5.97 Å². The molecule has 16 heavy (non-hydrogen) atoms. The summed E-state index contributed by atoms with van der Waals surface area (Å²) in [5.41, 5.74) is 1.03. The van der Waals surface area contributed by atoms with Gasteiger partial charge in [0.25, 0.3) is 0 Å². The van der Waals surface area contributed by atoms with Gasteiger partial charge in [0.05, 0.1) is 5.56 Å². The van der Waals surface area contributed by atoms with E-state index in [4.69, 9.17) is 5.11 Å². The number of carbonyl (C=O) groups is 2. The van der Waals surface area contributed by atoms with Crippen LogP contribution in [0.1, 0.15) is 35.7 Å². The van der Waals surface area contributed by atoms with Crippen molar-refractivity contribution in [2.24, 2.45) is 0 Å². The second-order valence-electron chi connectivity index (χ2n) is 3.53. The van der Waals surface area contributed by atoms with Gasteiger partial charge in [-0.05, 0) is 24.1 Å². The first-order valence-corrected chi connectivity index (χ1v) is 5.22. The van der Waals surface area contributed by atoms with Crippen LogP contribution in [0.2, 0.25) is 0 Å². The van der Waals surface area contributed by atoms with Gasteiger partial charge in [-0.1, -0.05) is 19.1 Å². The highest BCUT2D eigenvalue weighted by molar-refractivity contribution is 5.87. The van der Waals surface area contributed by atoms with Gasteiger partial charge in [-0.25, -0.2) is 4.79 Å². The highest BCUT2D eigenvalue weighted by Crippen LogP contribution is 2.05. The molecule has 0 heterocycles. The van der Waals surface area contributed by atoms with E-state index in [1.54, 1.807) is 18.2 Å². The first-order valence-electron chi connectivity index (χ1n) is 5.22. The molecule has 4 heteroatoms. The number of carboxylic acid groups (broad SMARTS) is 1. The zero-order valence-electron chi connectivity index (χ0n) is 9.19. The number of benzene rings is 1. The fourth-order valence-corrected chi connectivity index (χ4v) is 1.33. The lowest BCUT2D eigenvalue weighted by Crippen LogP contribution is -2.22. The average molecular weight is 221 g/mol. The van der Waals surface area contributed by atoms with Gasteiger partial charge < -0.3 is 10.4 Å². The van der Waals surface area contributed by atoms with Crippen LogP contribution in [0, 0.1) is 0 Å². The van der Waals surface area contributed by atoms with E-state index in [9.17, 15) is 9.59 Å². The van der Waals surface area contributed by atoms with E-state index < -0.39 is 5.97 Å². The zero-order chi connectivity index (χ0) is 12.0. The lowest BCUT2D eigenvalue weighted by Gasteiger charge is -2.05. The predicted octanol–water partition coefficient (Wildman–Crippen LogP) is 1.80. The minimum atomic E-state index is -0.957. The summed E-state index contributed by atoms with van der Waals surface area (Å²) in [6.07, 6.45) is 1.31. The highest BCUT2D eigenvalue weighted by Gasteiger charge is 2.04. The summed E-state index contributed by atoms with van der Waals surface area (Å²) < 4.78 is 0. The van der Waals surface area contributed by atoms with Crippen LogP contribution < -0.4 is 5.32 Å². The Balaban J connectivity index is 2.57. The zero-order valence-corrected chi connectivity index (χ0v) is 9.19. The Kier molecular flexibility index (Phi) is 4.51. The first kappa shape index (κ1) is 12.2. The second-order valence-corrected chi connectivity index (χ2v) is 3.53. The number of hydrogen-bond acceptors (Lipinski definition) is 2. The quantitative estimate of drug-likeness (QED) is 0.796. The third-order valence-corrected chi connectivity index (χ3v) is 2.14. The van der Waals surface area contributed by atoms with Crippen LogP contribution in [-0.2, 0) is 11.3 Å². The number of rotatable bonds is 5. The summed E-state index contributed by atoms with van der Waals surface area (Å²) in [6.45, 7) is 2.31. The molecular weight excluding hydrogens is 206 g/mol. The first-order chi connectivity index (χ1) is 7.63. The summed E-state index contributed by atoms with van der Waals surface area (Å²) in [5, 5.41) is 11.5. The van der Waals surface area contributed by atoms with Gasteiger partial charge in [0.1, 0.15) is 0 Å². The Labute approximate surface area is 94.3 Å². The Hall–Kier alpha value is -1.84. The van der Waals surface area contributed by atoms with Crippen molar-refractivity contribution in [1.29, 1.82) is 0 Å². The molecule has 0 unspecified atom stereocenters. The third-order valence-electron chi connectivity index (χ3n) is 2.14. The Morgan fingerprint density at radius 2 is 2.12 bits per heavy atom. The number of amides is 1. The van der Waals surface area contributed by atoms with Crippen LogP contribution in [0.4, 0.5) is 0 Å². The van der Waals surface area contributed by atoms with E-state index >= 15 is 0 Å². The SMILES string of the molecule is CCCC(=O)NCc1cccc(C(=O)O)c1. The molecule has 0 aliphatic rings. The van der Waals surface area contributed by atoms with Crippen molar-refractivity contribution in [3.8, 4) is 0 Å². The smallest absolute Gasteiger partial charge is 0.335 e. The van der Waals surface area contributed by atoms with E-state index in [1.807, 2.05) is 6.92 Å². The normalized spacial score (nSPS) is 9.81. The van der Waals surface area contributed by atoms with Crippen LogP contribution in [0.25, 0.3) is 0 Å². The molecule has 0 spiro atoms. The van der Waals surface area contributed by atoms with Crippen molar-refractivity contribution in [3.05, 3.63) is 35.4 Å². The summed E-state index contributed by atoms with van der Waals surface area (Å²) in [7, 11) is 0. The molecule has 86 valence electrons. The Morgan fingerprint density at radius 1 is 1.38 bits per heavy atom. The van der Waals surface area contributed by atoms with Gasteiger partial charge in [-0.3, -0.25) is 4.79 Å². The minimum absolute atomic E-state index is 0.0109. The molecule has 0 saturated carbocycles. The maximum Gasteiger partial charge on any atom is 0.335 e. The Bertz CT molecular complexity index is 388. The van der Waals surface area contributed by atoms with Crippen molar-refractivity contribution in [3.63, 3.8) is 0 Å². The van der Waals surface area contributed by atoms with Gasteiger partial charge in [0.2, 0.25) is 5.91 Å². The van der Waals surface area contributed by atoms with Crippen LogP contribution in [0.3, 0.4) is 0 Å². The van der Waals surface area contributed by atoms with Gasteiger partial charge in [0, 0.05) is 13.0 Å². The molecule has 0 radical (unpaired) electrons. The molecule has 0 saturated heterocycles. The average Bonchev–Trinajstić information content (AvgIpc) is 2.27. The largest absolute Gasteiger partial charge is 0.478 e. The van der Waals surface area contributed by atoms with E-state index in [0.29, 0.717) is 13.0 Å². The second kappa shape index (κ2) is 5.90. The lowest BCUT2D eigenvalue weighted by atomic mass is 10.1. The minimum Gasteiger partial charge on any atom is -0.478 e. The molecule has 0 atom stereocenters. The molecule has 1 aromatic carbocycles. The number of carboxylic acids is 1. The lowest BCUT2D eigenvalue weighted by molar-refractivity contribution is -0.121. The van der Waals surface area contributed by atoms with Crippen molar-refractivity contribution >= 4 is 11.9 Å². The predicted molar refractivity (Wildman–Crippen MR) is 60.2 cm³/mol. The maximum absolute atomic E-state index is 11.2. The Morgan fingerprint density at radius 3 is 2.75 bits per heavy atom. The number of aromatic carboxylic acids is 1. The summed E-state index contributed by atoms with van der Waals surface area (Å²) in [4.78, 5) is 21.9. The fourth-order valence-electron chi connectivity index (χ4n) is 1.33. The number of carbonyl (C=O) groups excluding carboxylic acids is 1. The molecule has 1 amide bonds. The van der Waals surface area contributed by atoms with Crippen LogP contribution in [0.5, 0.6) is 0 Å². The molecule has 0 fully saturated rings. The van der Waals surface area contributed by atoms with Crippen molar-refractivity contribution in [1.82, 2.24) is 5.32 Å². The van der Waals surface area contributed by atoms with Crippen LogP contribution in [0.15, 0.2) is 24.3 Å². The van der Waals surface area contributed by atoms with Crippen molar-refractivity contribution < 1.29 is 14.7 Å². The van der Waals surface area contributed by atoms with Gasteiger partial charge in [-0.15, -0.1) is 0 Å². The van der Waals surface area contributed by atoms with Crippen LogP contribution >= 0.6 is 0 Å². The molecule has 2 N–H and O–H groups in total. The number of nitrogens with one attached hydrogen (secondary N) is 1. The van der Waals surface area contributed by atoms with Crippen molar-refractivity contribution in [2.75, 3.05) is 0 Å². The molecule has 0 aliphatic heterocycles. The molecule has 1 rings (SSSR count). The summed E-state index contributed by atoms with van der Waals surface area (Å²) in [6, 6.07) is 6.55. The van der Waals surface area contributed by atoms with E-state index in [2.05, 4.69) is 5.32 Å². The summed E-state index contributed by atoms with van der Waals surface area (Å²) >= 11 is 0. The molecule has 0 aliphatic carbocycles. The molecule has 4 nitrogen and oxygen atoms in total. The van der Waals surface area contributed by atoms with Gasteiger partial charge in [0.15, 0.2) is 0 Å². The summed E-state index contributed by atoms with van der Waals surface area (Å²) in [5.74, 6) is -0.968. The van der Waals surface area contributed by atoms with Crippen LogP contribution in [-0.4, -0.2) is 17.0 Å². The molecule has 1 aromatic rings. The standard InChI is InChI=1S/C12H15NO3/c1-2-4-11(14)13-8-9-5-3-6-10(7-9)12(15)16/h3,5-7H,2,4,8H2,1H3,(H,13,14)(H,15,16).